The van der Waals surface area contributed by atoms with E-state index in [0.29, 0.717) is 0 Å². The third kappa shape index (κ3) is 6.36. The van der Waals surface area contributed by atoms with E-state index in [1.165, 1.54) is 5.52 Å². The highest BCUT2D eigenvalue weighted by atomic mass is 15.4. The average Bonchev–Trinajstić information content (AvgIpc) is 3.50. The molecule has 0 N–H and O–H groups in total. The number of benzene rings is 2. The first-order chi connectivity index (χ1) is 16.7. The van der Waals surface area contributed by atoms with Crippen LogP contribution in [0.15, 0.2) is 60.9 Å². The smallest absolute Gasteiger partial charge is 0.113 e. The molecule has 3 heterocycles. The summed E-state index contributed by atoms with van der Waals surface area (Å²) in [4.78, 5) is 4.54. The Balaban J connectivity index is 0.000000154. The second-order valence-corrected chi connectivity index (χ2v) is 11.8. The highest BCUT2D eigenvalue weighted by molar-refractivity contribution is 5.76. The van der Waals surface area contributed by atoms with Crippen molar-refractivity contribution in [3.63, 3.8) is 0 Å². The van der Waals surface area contributed by atoms with Crippen molar-refractivity contribution in [3.05, 3.63) is 66.7 Å². The predicted octanol–water partition coefficient (Wildman–Crippen LogP) is 6.32. The van der Waals surface area contributed by atoms with Gasteiger partial charge in [-0.05, 0) is 93.5 Å². The lowest BCUT2D eigenvalue weighted by atomic mass is 10.1. The summed E-state index contributed by atoms with van der Waals surface area (Å²) in [6.07, 6.45) is 3.55. The fourth-order valence-corrected chi connectivity index (χ4v) is 3.92. The van der Waals surface area contributed by atoms with Crippen LogP contribution in [-0.4, -0.2) is 39.5 Å². The maximum atomic E-state index is 4.54. The molecular weight excluding hydrogens is 448 g/mol. The van der Waals surface area contributed by atoms with E-state index in [1.54, 1.807) is 6.20 Å². The molecule has 0 fully saturated rings. The van der Waals surface area contributed by atoms with Crippen LogP contribution >= 0.6 is 0 Å². The van der Waals surface area contributed by atoms with Gasteiger partial charge in [0.15, 0.2) is 0 Å². The van der Waals surface area contributed by atoms with Crippen LogP contribution in [0, 0.1) is 6.92 Å². The Hall–Kier alpha value is -3.55. The molecule has 8 nitrogen and oxygen atoms in total. The first-order valence-corrected chi connectivity index (χ1v) is 12.3. The van der Waals surface area contributed by atoms with Gasteiger partial charge in [-0.2, -0.15) is 0 Å². The van der Waals surface area contributed by atoms with E-state index in [9.17, 15) is 0 Å². The Labute approximate surface area is 214 Å². The zero-order valence-corrected chi connectivity index (χ0v) is 23.4. The van der Waals surface area contributed by atoms with Gasteiger partial charge in [-0.3, -0.25) is 0 Å². The molecule has 0 aliphatic rings. The monoisotopic (exact) mass is 488 g/mol. The molecule has 0 aliphatic carbocycles. The van der Waals surface area contributed by atoms with Crippen molar-refractivity contribution in [2.45, 2.75) is 85.9 Å². The summed E-state index contributed by atoms with van der Waals surface area (Å²) in [6, 6.07) is 16.3. The van der Waals surface area contributed by atoms with Gasteiger partial charge in [0.05, 0.1) is 33.8 Å². The summed E-state index contributed by atoms with van der Waals surface area (Å²) in [6.45, 7) is 21.3. The number of imidazole rings is 1. The van der Waals surface area contributed by atoms with Crippen LogP contribution in [0.3, 0.4) is 0 Å². The molecule has 0 spiro atoms. The topological polar surface area (TPSA) is 79.2 Å². The molecule has 0 saturated heterocycles. The highest BCUT2D eigenvalue weighted by Gasteiger charge is 2.19. The Morgan fingerprint density at radius 3 is 1.72 bits per heavy atom. The van der Waals surface area contributed by atoms with E-state index < -0.39 is 0 Å². The SMILES string of the molecule is CC(C)(C)n1ccnn1.CC(C)(C)n1nnc2ccccc21.Cc1nc2ccccc2n1C(C)(C)C. The molecule has 3 aromatic heterocycles. The number of nitrogens with zero attached hydrogens (tertiary/aromatic N) is 8. The van der Waals surface area contributed by atoms with Crippen molar-refractivity contribution in [3.8, 4) is 0 Å². The first-order valence-electron chi connectivity index (χ1n) is 12.3. The number of rotatable bonds is 0. The summed E-state index contributed by atoms with van der Waals surface area (Å²) in [5.41, 5.74) is 4.51. The highest BCUT2D eigenvalue weighted by Crippen LogP contribution is 2.24. The van der Waals surface area contributed by atoms with Crippen molar-refractivity contribution in [2.24, 2.45) is 0 Å². The molecule has 0 atom stereocenters. The Morgan fingerprint density at radius 2 is 1.22 bits per heavy atom. The minimum atomic E-state index is -0.00387. The molecular formula is C28H40N8. The second-order valence-electron chi connectivity index (χ2n) is 11.8. The van der Waals surface area contributed by atoms with E-state index in [0.717, 1.165) is 22.4 Å². The number of hydrogen-bond acceptors (Lipinski definition) is 5. The normalized spacial score (nSPS) is 12.2. The standard InChI is InChI=1S/C12H16N2.C10H13N3.C6H11N3/c1-9-13-10-7-5-6-8-11(10)14(9)12(2,3)4;1-10(2,3)13-9-7-5-4-6-8(9)11-12-13;1-6(2,3)9-5-4-7-8-9/h5-8H,1-4H3;4-7H,1-3H3;4-5H,1-3H3. The van der Waals surface area contributed by atoms with Gasteiger partial charge in [0, 0.05) is 11.7 Å². The summed E-state index contributed by atoms with van der Waals surface area (Å²) in [5, 5.41) is 15.8. The molecule has 0 radical (unpaired) electrons. The van der Waals surface area contributed by atoms with Crippen LogP contribution in [0.4, 0.5) is 0 Å². The van der Waals surface area contributed by atoms with Gasteiger partial charge in [-0.25, -0.2) is 14.3 Å². The van der Waals surface area contributed by atoms with Gasteiger partial charge in [-0.1, -0.05) is 34.7 Å². The zero-order chi connectivity index (χ0) is 26.7. The van der Waals surface area contributed by atoms with Crippen molar-refractivity contribution in [2.75, 3.05) is 0 Å². The first kappa shape index (κ1) is 27.0. The molecule has 8 heteroatoms. The van der Waals surface area contributed by atoms with Crippen LogP contribution in [0.5, 0.6) is 0 Å². The van der Waals surface area contributed by atoms with Crippen LogP contribution in [0.1, 0.15) is 68.1 Å². The van der Waals surface area contributed by atoms with Crippen molar-refractivity contribution in [1.29, 1.82) is 0 Å². The van der Waals surface area contributed by atoms with E-state index >= 15 is 0 Å². The molecule has 2 aromatic carbocycles. The van der Waals surface area contributed by atoms with Gasteiger partial charge in [0.1, 0.15) is 11.3 Å². The summed E-state index contributed by atoms with van der Waals surface area (Å²) < 4.78 is 6.05. The largest absolute Gasteiger partial charge is 0.323 e. The van der Waals surface area contributed by atoms with Crippen molar-refractivity contribution < 1.29 is 0 Å². The van der Waals surface area contributed by atoms with Crippen LogP contribution < -0.4 is 0 Å². The molecule has 0 unspecified atom stereocenters. The minimum absolute atomic E-state index is 0.00387. The number of hydrogen-bond donors (Lipinski definition) is 0. The lowest BCUT2D eigenvalue weighted by molar-refractivity contribution is 0.347. The Morgan fingerprint density at radius 1 is 0.639 bits per heavy atom. The molecule has 36 heavy (non-hydrogen) atoms. The van der Waals surface area contributed by atoms with Crippen LogP contribution in [0.25, 0.3) is 22.1 Å². The maximum absolute atomic E-state index is 4.54. The van der Waals surface area contributed by atoms with E-state index in [1.807, 2.05) is 45.9 Å². The second kappa shape index (κ2) is 10.2. The average molecular weight is 489 g/mol. The predicted molar refractivity (Wildman–Crippen MR) is 147 cm³/mol. The number of aryl methyl sites for hydroxylation is 1. The summed E-state index contributed by atoms with van der Waals surface area (Å²) in [7, 11) is 0. The maximum Gasteiger partial charge on any atom is 0.113 e. The number of para-hydroxylation sites is 3. The lowest BCUT2D eigenvalue weighted by Crippen LogP contribution is -2.22. The third-order valence-corrected chi connectivity index (χ3v) is 5.50. The third-order valence-electron chi connectivity index (χ3n) is 5.50. The molecule has 0 bridgehead atoms. The Bertz CT molecular complexity index is 1390. The van der Waals surface area contributed by atoms with Gasteiger partial charge in [-0.15, -0.1) is 10.2 Å². The van der Waals surface area contributed by atoms with Crippen molar-refractivity contribution >= 4 is 22.1 Å². The fourth-order valence-electron chi connectivity index (χ4n) is 3.92. The number of fused-ring (bicyclic) bond motifs is 2. The van der Waals surface area contributed by atoms with E-state index in [2.05, 4.69) is 118 Å². The molecule has 0 amide bonds. The van der Waals surface area contributed by atoms with E-state index in [4.69, 9.17) is 0 Å². The number of aromatic nitrogens is 8. The molecule has 5 rings (SSSR count). The minimum Gasteiger partial charge on any atom is -0.323 e. The fraction of sp³-hybridized carbons (Fsp3) is 0.464. The summed E-state index contributed by atoms with van der Waals surface area (Å²) >= 11 is 0. The van der Waals surface area contributed by atoms with Crippen LogP contribution in [-0.2, 0) is 16.6 Å². The summed E-state index contributed by atoms with van der Waals surface area (Å²) in [5.74, 6) is 1.08. The molecule has 5 aromatic rings. The molecule has 192 valence electrons. The Kier molecular flexibility index (Phi) is 7.67. The van der Waals surface area contributed by atoms with Crippen molar-refractivity contribution in [1.82, 2.24) is 39.5 Å². The van der Waals surface area contributed by atoms with Crippen LogP contribution in [0.2, 0.25) is 0 Å². The lowest BCUT2D eigenvalue weighted by Gasteiger charge is -2.23. The van der Waals surface area contributed by atoms with Gasteiger partial charge in [0.25, 0.3) is 0 Å². The zero-order valence-electron chi connectivity index (χ0n) is 23.4. The van der Waals surface area contributed by atoms with Gasteiger partial charge >= 0.3 is 0 Å². The quantitative estimate of drug-likeness (QED) is 0.255. The molecule has 0 aliphatic heterocycles. The van der Waals surface area contributed by atoms with Gasteiger partial charge < -0.3 is 4.57 Å². The molecule has 0 saturated carbocycles. The van der Waals surface area contributed by atoms with Gasteiger partial charge in [0.2, 0.25) is 0 Å². The van der Waals surface area contributed by atoms with E-state index in [-0.39, 0.29) is 16.6 Å².